The SMILES string of the molecule is CC(Cc1ccc(Br)cc1)NC(C)C(=O)O. The van der Waals surface area contributed by atoms with Crippen LogP contribution in [0.25, 0.3) is 0 Å². The van der Waals surface area contributed by atoms with Gasteiger partial charge in [0.1, 0.15) is 6.04 Å². The summed E-state index contributed by atoms with van der Waals surface area (Å²) in [6, 6.07) is 7.69. The van der Waals surface area contributed by atoms with E-state index in [1.54, 1.807) is 6.92 Å². The quantitative estimate of drug-likeness (QED) is 0.874. The minimum absolute atomic E-state index is 0.146. The van der Waals surface area contributed by atoms with Crippen molar-refractivity contribution in [3.8, 4) is 0 Å². The van der Waals surface area contributed by atoms with Gasteiger partial charge in [-0.3, -0.25) is 4.79 Å². The number of hydrogen-bond acceptors (Lipinski definition) is 2. The van der Waals surface area contributed by atoms with E-state index in [-0.39, 0.29) is 6.04 Å². The number of hydrogen-bond donors (Lipinski definition) is 2. The molecule has 0 radical (unpaired) electrons. The smallest absolute Gasteiger partial charge is 0.320 e. The minimum atomic E-state index is -0.817. The number of aliphatic carboxylic acids is 1. The van der Waals surface area contributed by atoms with E-state index in [0.29, 0.717) is 0 Å². The van der Waals surface area contributed by atoms with Gasteiger partial charge in [0.25, 0.3) is 0 Å². The molecule has 88 valence electrons. The predicted octanol–water partition coefficient (Wildman–Crippen LogP) is 2.44. The molecule has 0 aliphatic heterocycles. The van der Waals surface area contributed by atoms with Gasteiger partial charge in [-0.1, -0.05) is 28.1 Å². The minimum Gasteiger partial charge on any atom is -0.480 e. The highest BCUT2D eigenvalue weighted by Gasteiger charge is 2.13. The van der Waals surface area contributed by atoms with Crippen molar-refractivity contribution < 1.29 is 9.90 Å². The Hall–Kier alpha value is -0.870. The van der Waals surface area contributed by atoms with Crippen LogP contribution in [0.1, 0.15) is 19.4 Å². The molecule has 4 heteroatoms. The molecule has 0 bridgehead atoms. The van der Waals surface area contributed by atoms with Crippen LogP contribution >= 0.6 is 15.9 Å². The molecule has 0 aromatic heterocycles. The molecule has 0 saturated carbocycles. The van der Waals surface area contributed by atoms with Gasteiger partial charge in [-0.15, -0.1) is 0 Å². The normalized spacial score (nSPS) is 14.4. The van der Waals surface area contributed by atoms with Crippen molar-refractivity contribution in [3.63, 3.8) is 0 Å². The standard InChI is InChI=1S/C12H16BrNO2/c1-8(14-9(2)12(15)16)7-10-3-5-11(13)6-4-10/h3-6,8-9,14H,7H2,1-2H3,(H,15,16). The van der Waals surface area contributed by atoms with Gasteiger partial charge in [0, 0.05) is 10.5 Å². The van der Waals surface area contributed by atoms with Crippen molar-refractivity contribution in [3.05, 3.63) is 34.3 Å². The zero-order chi connectivity index (χ0) is 12.1. The molecular formula is C12H16BrNO2. The predicted molar refractivity (Wildman–Crippen MR) is 67.5 cm³/mol. The molecule has 2 N–H and O–H groups in total. The monoisotopic (exact) mass is 285 g/mol. The van der Waals surface area contributed by atoms with Gasteiger partial charge in [0.05, 0.1) is 0 Å². The molecule has 16 heavy (non-hydrogen) atoms. The van der Waals surface area contributed by atoms with E-state index in [4.69, 9.17) is 5.11 Å². The third-order valence-corrected chi connectivity index (χ3v) is 2.89. The fourth-order valence-electron chi connectivity index (χ4n) is 1.53. The van der Waals surface area contributed by atoms with E-state index in [2.05, 4.69) is 21.2 Å². The molecule has 0 amide bonds. The lowest BCUT2D eigenvalue weighted by Crippen LogP contribution is -2.40. The number of benzene rings is 1. The van der Waals surface area contributed by atoms with Crippen molar-refractivity contribution in [2.45, 2.75) is 32.4 Å². The Morgan fingerprint density at radius 2 is 1.94 bits per heavy atom. The van der Waals surface area contributed by atoms with Crippen LogP contribution < -0.4 is 5.32 Å². The van der Waals surface area contributed by atoms with Crippen molar-refractivity contribution in [2.24, 2.45) is 0 Å². The maximum absolute atomic E-state index is 10.7. The Morgan fingerprint density at radius 1 is 1.38 bits per heavy atom. The first-order valence-electron chi connectivity index (χ1n) is 5.22. The Labute approximate surface area is 104 Å². The molecule has 0 aliphatic rings. The van der Waals surface area contributed by atoms with Gasteiger partial charge in [0.2, 0.25) is 0 Å². The van der Waals surface area contributed by atoms with Crippen LogP contribution in [0.3, 0.4) is 0 Å². The Morgan fingerprint density at radius 3 is 2.44 bits per heavy atom. The first kappa shape index (κ1) is 13.2. The van der Waals surface area contributed by atoms with Crippen LogP contribution in [0.4, 0.5) is 0 Å². The van der Waals surface area contributed by atoms with Crippen LogP contribution in [0.2, 0.25) is 0 Å². The van der Waals surface area contributed by atoms with Crippen LogP contribution in [0.15, 0.2) is 28.7 Å². The summed E-state index contributed by atoms with van der Waals surface area (Å²) in [5.41, 5.74) is 1.20. The third-order valence-electron chi connectivity index (χ3n) is 2.36. The van der Waals surface area contributed by atoms with Crippen LogP contribution in [0.5, 0.6) is 0 Å². The van der Waals surface area contributed by atoms with Gasteiger partial charge in [-0.2, -0.15) is 0 Å². The average Bonchev–Trinajstić information content (AvgIpc) is 2.21. The number of carboxylic acid groups (broad SMARTS) is 1. The van der Waals surface area contributed by atoms with Crippen LogP contribution in [0, 0.1) is 0 Å². The van der Waals surface area contributed by atoms with Gasteiger partial charge in [-0.25, -0.2) is 0 Å². The fraction of sp³-hybridized carbons (Fsp3) is 0.417. The highest BCUT2D eigenvalue weighted by atomic mass is 79.9. The number of carboxylic acids is 1. The molecular weight excluding hydrogens is 270 g/mol. The molecule has 3 nitrogen and oxygen atoms in total. The van der Waals surface area contributed by atoms with Crippen LogP contribution in [-0.2, 0) is 11.2 Å². The first-order valence-corrected chi connectivity index (χ1v) is 6.01. The van der Waals surface area contributed by atoms with E-state index in [9.17, 15) is 4.79 Å². The second-order valence-corrected chi connectivity index (χ2v) is 4.87. The van der Waals surface area contributed by atoms with Crippen molar-refractivity contribution >= 4 is 21.9 Å². The highest BCUT2D eigenvalue weighted by Crippen LogP contribution is 2.11. The Kier molecular flexibility index (Phi) is 4.96. The molecule has 0 aliphatic carbocycles. The largest absolute Gasteiger partial charge is 0.480 e. The molecule has 2 unspecified atom stereocenters. The summed E-state index contributed by atoms with van der Waals surface area (Å²) in [4.78, 5) is 10.7. The summed E-state index contributed by atoms with van der Waals surface area (Å²) in [6.07, 6.45) is 0.824. The summed E-state index contributed by atoms with van der Waals surface area (Å²) < 4.78 is 1.05. The molecule has 2 atom stereocenters. The fourth-order valence-corrected chi connectivity index (χ4v) is 1.80. The van der Waals surface area contributed by atoms with Gasteiger partial charge < -0.3 is 10.4 Å². The van der Waals surface area contributed by atoms with E-state index >= 15 is 0 Å². The zero-order valence-corrected chi connectivity index (χ0v) is 11.0. The number of carbonyl (C=O) groups is 1. The second-order valence-electron chi connectivity index (χ2n) is 3.96. The molecule has 0 heterocycles. The number of nitrogens with one attached hydrogen (secondary N) is 1. The van der Waals surface area contributed by atoms with Gasteiger partial charge >= 0.3 is 5.97 Å². The van der Waals surface area contributed by atoms with Crippen molar-refractivity contribution in [1.82, 2.24) is 5.32 Å². The van der Waals surface area contributed by atoms with E-state index < -0.39 is 12.0 Å². The summed E-state index contributed by atoms with van der Waals surface area (Å²) in [5, 5.41) is 11.8. The Balaban J connectivity index is 2.48. The average molecular weight is 286 g/mol. The lowest BCUT2D eigenvalue weighted by atomic mass is 10.1. The maximum Gasteiger partial charge on any atom is 0.320 e. The van der Waals surface area contributed by atoms with Gasteiger partial charge in [0.15, 0.2) is 0 Å². The van der Waals surface area contributed by atoms with E-state index in [1.807, 2.05) is 31.2 Å². The summed E-state index contributed by atoms with van der Waals surface area (Å²) in [7, 11) is 0. The zero-order valence-electron chi connectivity index (χ0n) is 9.40. The summed E-state index contributed by atoms with van der Waals surface area (Å²) >= 11 is 3.38. The summed E-state index contributed by atoms with van der Waals surface area (Å²) in [6.45, 7) is 3.64. The molecule has 1 aromatic rings. The van der Waals surface area contributed by atoms with E-state index in [0.717, 1.165) is 10.9 Å². The second kappa shape index (κ2) is 6.01. The van der Waals surface area contributed by atoms with Crippen LogP contribution in [-0.4, -0.2) is 23.2 Å². The topological polar surface area (TPSA) is 49.3 Å². The number of halogens is 1. The highest BCUT2D eigenvalue weighted by molar-refractivity contribution is 9.10. The maximum atomic E-state index is 10.7. The van der Waals surface area contributed by atoms with E-state index in [1.165, 1.54) is 5.56 Å². The van der Waals surface area contributed by atoms with Crippen molar-refractivity contribution in [2.75, 3.05) is 0 Å². The first-order chi connectivity index (χ1) is 7.49. The van der Waals surface area contributed by atoms with Crippen molar-refractivity contribution in [1.29, 1.82) is 0 Å². The molecule has 0 saturated heterocycles. The molecule has 1 rings (SSSR count). The van der Waals surface area contributed by atoms with Gasteiger partial charge in [-0.05, 0) is 38.0 Å². The lowest BCUT2D eigenvalue weighted by molar-refractivity contribution is -0.139. The molecule has 0 fully saturated rings. The third kappa shape index (κ3) is 4.33. The number of rotatable bonds is 5. The lowest BCUT2D eigenvalue weighted by Gasteiger charge is -2.17. The molecule has 0 spiro atoms. The Bertz CT molecular complexity index is 351. The molecule has 1 aromatic carbocycles. The summed E-state index contributed by atoms with van der Waals surface area (Å²) in [5.74, 6) is -0.817.